The molecule has 43 heavy (non-hydrogen) atoms. The zero-order valence-electron chi connectivity index (χ0n) is 24.1. The molecule has 10 heteroatoms. The van der Waals surface area contributed by atoms with Gasteiger partial charge in [0.25, 0.3) is 0 Å². The fourth-order valence-electron chi connectivity index (χ4n) is 5.70. The van der Waals surface area contributed by atoms with E-state index in [-0.39, 0.29) is 34.6 Å². The Bertz CT molecular complexity index is 1810. The Hall–Kier alpha value is -3.66. The van der Waals surface area contributed by atoms with Gasteiger partial charge in [0.2, 0.25) is 17.7 Å². The van der Waals surface area contributed by atoms with E-state index in [1.807, 2.05) is 55.5 Å². The molecule has 1 N–H and O–H groups in total. The van der Waals surface area contributed by atoms with Crippen LogP contribution in [0, 0.1) is 12.8 Å². The predicted molar refractivity (Wildman–Crippen MR) is 172 cm³/mol. The summed E-state index contributed by atoms with van der Waals surface area (Å²) < 4.78 is 1.44. The van der Waals surface area contributed by atoms with E-state index in [1.54, 1.807) is 24.3 Å². The Balaban J connectivity index is 1.42. The highest BCUT2D eigenvalue weighted by Crippen LogP contribution is 2.54. The summed E-state index contributed by atoms with van der Waals surface area (Å²) in [5.74, 6) is -2.25. The number of rotatable bonds is 5. The van der Waals surface area contributed by atoms with Crippen LogP contribution in [0.3, 0.4) is 0 Å². The number of aryl methyl sites for hydroxylation is 1. The topological polar surface area (TPSA) is 88.5 Å². The van der Waals surface area contributed by atoms with Gasteiger partial charge < -0.3 is 5.32 Å². The fourth-order valence-corrected chi connectivity index (χ4v) is 8.60. The molecular weight excluding hydrogens is 602 g/mol. The number of benzene rings is 3. The molecule has 7 nitrogen and oxygen atoms in total. The Labute approximate surface area is 262 Å². The van der Waals surface area contributed by atoms with Crippen molar-refractivity contribution in [1.29, 1.82) is 0 Å². The standard InChI is InChI=1S/C33H30ClN3O4S2/c1-18-7-5-6-8-23(18)35-24(38)17-36-31-28(43-32(36)41)25(19-9-11-20(12-10-19)33(2,3)4)26-27(42-31)30(40)37(29(26)39)22-15-13-21(34)14-16-22/h5-16,25-27H,17H2,1-4H3,(H,35,38)/t25-,26-,27+/m0/s1. The SMILES string of the molecule is Cc1ccccc1NC(=O)Cn1c2c(sc1=O)[C@@H](c1ccc(C(C)(C)C)cc1)[C@@H]1C(=O)N(c3ccc(Cl)cc3)C(=O)[C@@H]1S2. The van der Waals surface area contributed by atoms with Gasteiger partial charge in [0.15, 0.2) is 0 Å². The molecule has 3 heterocycles. The molecule has 0 bridgehead atoms. The largest absolute Gasteiger partial charge is 0.324 e. The highest BCUT2D eigenvalue weighted by molar-refractivity contribution is 8.00. The first-order valence-corrected chi connectivity index (χ1v) is 16.0. The van der Waals surface area contributed by atoms with Crippen LogP contribution in [0.25, 0.3) is 0 Å². The van der Waals surface area contributed by atoms with Crippen LogP contribution >= 0.6 is 34.7 Å². The van der Waals surface area contributed by atoms with Crippen molar-refractivity contribution in [3.63, 3.8) is 0 Å². The molecule has 0 aliphatic carbocycles. The van der Waals surface area contributed by atoms with E-state index in [1.165, 1.54) is 21.2 Å². The van der Waals surface area contributed by atoms with Crippen LogP contribution in [0.2, 0.25) is 5.02 Å². The number of thiazole rings is 1. The van der Waals surface area contributed by atoms with Crippen LogP contribution in [-0.2, 0) is 26.3 Å². The van der Waals surface area contributed by atoms with Gasteiger partial charge in [-0.2, -0.15) is 0 Å². The van der Waals surface area contributed by atoms with E-state index < -0.39 is 17.1 Å². The van der Waals surface area contributed by atoms with Gasteiger partial charge in [-0.05, 0) is 59.4 Å². The molecule has 0 radical (unpaired) electrons. The number of imide groups is 1. The van der Waals surface area contributed by atoms with Crippen molar-refractivity contribution in [2.24, 2.45) is 5.92 Å². The van der Waals surface area contributed by atoms with Gasteiger partial charge in [-0.3, -0.25) is 23.7 Å². The lowest BCUT2D eigenvalue weighted by molar-refractivity contribution is -0.122. The predicted octanol–water partition coefficient (Wildman–Crippen LogP) is 6.60. The first-order valence-electron chi connectivity index (χ1n) is 13.9. The van der Waals surface area contributed by atoms with Crippen molar-refractivity contribution >= 4 is 63.8 Å². The summed E-state index contributed by atoms with van der Waals surface area (Å²) >= 11 is 8.32. The number of fused-ring (bicyclic) bond motifs is 2. The summed E-state index contributed by atoms with van der Waals surface area (Å²) in [5, 5.41) is 3.19. The number of hydrogen-bond donors (Lipinski definition) is 1. The highest BCUT2D eigenvalue weighted by atomic mass is 35.5. The second-order valence-electron chi connectivity index (χ2n) is 11.9. The molecule has 0 saturated carbocycles. The second kappa shape index (κ2) is 11.1. The number of carbonyl (C=O) groups excluding carboxylic acids is 3. The number of nitrogens with zero attached hydrogens (tertiary/aromatic N) is 2. The summed E-state index contributed by atoms with van der Waals surface area (Å²) in [6.07, 6.45) is 0. The molecule has 3 atom stereocenters. The van der Waals surface area contributed by atoms with Crippen LogP contribution in [0.1, 0.15) is 48.3 Å². The van der Waals surface area contributed by atoms with Crippen LogP contribution in [0.5, 0.6) is 0 Å². The van der Waals surface area contributed by atoms with E-state index in [0.29, 0.717) is 26.3 Å². The molecule has 220 valence electrons. The smallest absolute Gasteiger partial charge is 0.308 e. The minimum atomic E-state index is -0.761. The van der Waals surface area contributed by atoms with Crippen LogP contribution in [0.15, 0.2) is 82.6 Å². The summed E-state index contributed by atoms with van der Waals surface area (Å²) in [6, 6.07) is 22.1. The van der Waals surface area contributed by atoms with E-state index >= 15 is 0 Å². The van der Waals surface area contributed by atoms with Crippen molar-refractivity contribution < 1.29 is 14.4 Å². The van der Waals surface area contributed by atoms with E-state index in [9.17, 15) is 19.2 Å². The Morgan fingerprint density at radius 3 is 2.26 bits per heavy atom. The van der Waals surface area contributed by atoms with Crippen molar-refractivity contribution in [3.05, 3.63) is 109 Å². The van der Waals surface area contributed by atoms with E-state index in [2.05, 4.69) is 26.1 Å². The van der Waals surface area contributed by atoms with Crippen molar-refractivity contribution in [3.8, 4) is 0 Å². The van der Waals surface area contributed by atoms with Crippen molar-refractivity contribution in [2.75, 3.05) is 10.2 Å². The van der Waals surface area contributed by atoms with E-state index in [0.717, 1.165) is 28.0 Å². The van der Waals surface area contributed by atoms with Crippen LogP contribution in [-0.4, -0.2) is 27.5 Å². The minimum absolute atomic E-state index is 0.0716. The number of aromatic nitrogens is 1. The molecule has 1 aromatic heterocycles. The number of anilines is 2. The van der Waals surface area contributed by atoms with Gasteiger partial charge in [-0.15, -0.1) is 0 Å². The maximum Gasteiger partial charge on any atom is 0.308 e. The Morgan fingerprint density at radius 1 is 0.930 bits per heavy atom. The number of carbonyl (C=O) groups is 3. The Kier molecular flexibility index (Phi) is 7.61. The molecule has 1 saturated heterocycles. The Morgan fingerprint density at radius 2 is 1.60 bits per heavy atom. The molecule has 3 aromatic carbocycles. The van der Waals surface area contributed by atoms with E-state index in [4.69, 9.17) is 11.6 Å². The summed E-state index contributed by atoms with van der Waals surface area (Å²) in [4.78, 5) is 56.2. The quantitative estimate of drug-likeness (QED) is 0.251. The maximum absolute atomic E-state index is 14.1. The third-order valence-electron chi connectivity index (χ3n) is 7.99. The zero-order valence-corrected chi connectivity index (χ0v) is 26.5. The molecule has 3 amide bonds. The normalized spacial score (nSPS) is 19.7. The number of thioether (sulfide) groups is 1. The average molecular weight is 632 g/mol. The number of amides is 3. The molecular formula is C33H30ClN3O4S2. The average Bonchev–Trinajstić information content (AvgIpc) is 3.40. The van der Waals surface area contributed by atoms with Crippen molar-refractivity contribution in [1.82, 2.24) is 4.57 Å². The summed E-state index contributed by atoms with van der Waals surface area (Å²) in [7, 11) is 0. The molecule has 1 fully saturated rings. The van der Waals surface area contributed by atoms with Gasteiger partial charge in [0, 0.05) is 21.5 Å². The first-order chi connectivity index (χ1) is 20.4. The molecule has 0 spiro atoms. The van der Waals surface area contributed by atoms with Gasteiger partial charge in [-0.1, -0.05) is 97.9 Å². The third-order valence-corrected chi connectivity index (χ3v) is 10.8. The zero-order chi connectivity index (χ0) is 30.6. The summed E-state index contributed by atoms with van der Waals surface area (Å²) in [6.45, 7) is 8.08. The van der Waals surface area contributed by atoms with Gasteiger partial charge in [-0.25, -0.2) is 4.90 Å². The lowest BCUT2D eigenvalue weighted by Gasteiger charge is -2.31. The van der Waals surface area contributed by atoms with Gasteiger partial charge in [0.1, 0.15) is 11.8 Å². The van der Waals surface area contributed by atoms with Crippen LogP contribution in [0.4, 0.5) is 11.4 Å². The third kappa shape index (κ3) is 5.34. The minimum Gasteiger partial charge on any atom is -0.324 e. The number of para-hydroxylation sites is 1. The lowest BCUT2D eigenvalue weighted by Crippen LogP contribution is -2.33. The highest BCUT2D eigenvalue weighted by Gasteiger charge is 2.56. The molecule has 4 aromatic rings. The monoisotopic (exact) mass is 631 g/mol. The van der Waals surface area contributed by atoms with Crippen molar-refractivity contribution in [2.45, 2.75) is 55.8 Å². The first kappa shape index (κ1) is 29.4. The number of halogens is 1. The number of hydrogen-bond acceptors (Lipinski definition) is 6. The molecule has 6 rings (SSSR count). The molecule has 2 aliphatic heterocycles. The maximum atomic E-state index is 14.1. The second-order valence-corrected chi connectivity index (χ2v) is 14.4. The van der Waals surface area contributed by atoms with Gasteiger partial charge in [0.05, 0.1) is 16.6 Å². The van der Waals surface area contributed by atoms with Crippen LogP contribution < -0.4 is 15.1 Å². The lowest BCUT2D eigenvalue weighted by atomic mass is 9.81. The van der Waals surface area contributed by atoms with Gasteiger partial charge >= 0.3 is 4.87 Å². The molecule has 0 unspecified atom stereocenters. The fraction of sp³-hybridized carbons (Fsp3) is 0.273. The summed E-state index contributed by atoms with van der Waals surface area (Å²) in [5.41, 5.74) is 3.94. The molecule has 2 aliphatic rings. The number of nitrogens with one attached hydrogen (secondary N) is 1.